The molecule has 2 unspecified atom stereocenters. The smallest absolute Gasteiger partial charge is 0.253 e. The van der Waals surface area contributed by atoms with Gasteiger partial charge in [0.2, 0.25) is 0 Å². The van der Waals surface area contributed by atoms with Crippen LogP contribution in [-0.4, -0.2) is 37.0 Å². The van der Waals surface area contributed by atoms with E-state index in [4.69, 9.17) is 0 Å². The zero-order valence-corrected chi connectivity index (χ0v) is 15.7. The van der Waals surface area contributed by atoms with Crippen LogP contribution in [-0.2, 0) is 0 Å². The van der Waals surface area contributed by atoms with Crippen LogP contribution in [0, 0.1) is 24.7 Å². The van der Waals surface area contributed by atoms with Gasteiger partial charge in [-0.25, -0.2) is 0 Å². The highest BCUT2D eigenvalue weighted by molar-refractivity contribution is 5.95. The Kier molecular flexibility index (Phi) is 5.17. The molecule has 0 spiro atoms. The maximum absolute atomic E-state index is 12.9. The average molecular weight is 329 g/mol. The van der Waals surface area contributed by atoms with E-state index in [1.807, 2.05) is 6.07 Å². The summed E-state index contributed by atoms with van der Waals surface area (Å²) < 4.78 is 0. The molecule has 1 aromatic carbocycles. The SMILES string of the molecule is Cc1cc(C(=O)N2CC(C)CC(C)C2)ccc1N1CCC(C)CC1. The summed E-state index contributed by atoms with van der Waals surface area (Å²) in [7, 11) is 0. The molecular weight excluding hydrogens is 296 g/mol. The topological polar surface area (TPSA) is 23.6 Å². The van der Waals surface area contributed by atoms with Crippen LogP contribution in [0.15, 0.2) is 18.2 Å². The highest BCUT2D eigenvalue weighted by Crippen LogP contribution is 2.28. The van der Waals surface area contributed by atoms with Crippen molar-refractivity contribution in [3.8, 4) is 0 Å². The van der Waals surface area contributed by atoms with E-state index >= 15 is 0 Å². The summed E-state index contributed by atoms with van der Waals surface area (Å²) in [5.74, 6) is 2.25. The lowest BCUT2D eigenvalue weighted by Gasteiger charge is -2.35. The van der Waals surface area contributed by atoms with Gasteiger partial charge in [-0.2, -0.15) is 0 Å². The molecule has 0 aromatic heterocycles. The number of likely N-dealkylation sites (tertiary alicyclic amines) is 1. The second-order valence-electron chi connectivity index (χ2n) is 8.33. The fourth-order valence-corrected chi connectivity index (χ4v) is 4.40. The molecule has 0 N–H and O–H groups in total. The van der Waals surface area contributed by atoms with Crippen LogP contribution in [0.2, 0.25) is 0 Å². The Morgan fingerprint density at radius 3 is 2.21 bits per heavy atom. The lowest BCUT2D eigenvalue weighted by atomic mass is 9.91. The quantitative estimate of drug-likeness (QED) is 0.806. The molecule has 132 valence electrons. The van der Waals surface area contributed by atoms with Crippen molar-refractivity contribution in [2.24, 2.45) is 17.8 Å². The molecule has 3 nitrogen and oxygen atoms in total. The van der Waals surface area contributed by atoms with Gasteiger partial charge in [0, 0.05) is 37.4 Å². The standard InChI is InChI=1S/C21H32N2O/c1-15-7-9-22(10-8-15)20-6-5-19(12-18(20)4)21(24)23-13-16(2)11-17(3)14-23/h5-6,12,15-17H,7-11,13-14H2,1-4H3. The van der Waals surface area contributed by atoms with Crippen LogP contribution in [0.5, 0.6) is 0 Å². The Balaban J connectivity index is 1.73. The number of carbonyl (C=O) groups is 1. The second kappa shape index (κ2) is 7.16. The second-order valence-corrected chi connectivity index (χ2v) is 8.33. The molecule has 1 aromatic rings. The van der Waals surface area contributed by atoms with Gasteiger partial charge in [-0.05, 0) is 67.7 Å². The summed E-state index contributed by atoms with van der Waals surface area (Å²) in [6, 6.07) is 6.29. The average Bonchev–Trinajstić information content (AvgIpc) is 2.54. The van der Waals surface area contributed by atoms with E-state index in [1.54, 1.807) is 0 Å². The van der Waals surface area contributed by atoms with Gasteiger partial charge >= 0.3 is 0 Å². The van der Waals surface area contributed by atoms with E-state index in [0.29, 0.717) is 11.8 Å². The molecule has 2 saturated heterocycles. The summed E-state index contributed by atoms with van der Waals surface area (Å²) in [4.78, 5) is 17.4. The number of amides is 1. The van der Waals surface area contributed by atoms with Gasteiger partial charge in [0.15, 0.2) is 0 Å². The highest BCUT2D eigenvalue weighted by atomic mass is 16.2. The van der Waals surface area contributed by atoms with Gasteiger partial charge < -0.3 is 9.80 Å². The van der Waals surface area contributed by atoms with Gasteiger partial charge in [-0.1, -0.05) is 20.8 Å². The largest absolute Gasteiger partial charge is 0.371 e. The highest BCUT2D eigenvalue weighted by Gasteiger charge is 2.26. The van der Waals surface area contributed by atoms with Crippen LogP contribution in [0.4, 0.5) is 5.69 Å². The number of anilines is 1. The Bertz CT molecular complexity index is 580. The third-order valence-corrected chi connectivity index (χ3v) is 5.72. The fourth-order valence-electron chi connectivity index (χ4n) is 4.40. The first kappa shape index (κ1) is 17.3. The molecule has 3 rings (SSSR count). The van der Waals surface area contributed by atoms with E-state index in [2.05, 4.69) is 49.6 Å². The molecule has 2 aliphatic heterocycles. The molecule has 2 atom stereocenters. The lowest BCUT2D eigenvalue weighted by molar-refractivity contribution is 0.0623. The number of rotatable bonds is 2. The van der Waals surface area contributed by atoms with Crippen molar-refractivity contribution in [1.82, 2.24) is 4.90 Å². The molecule has 0 bridgehead atoms. The Morgan fingerprint density at radius 2 is 1.62 bits per heavy atom. The van der Waals surface area contributed by atoms with Gasteiger partial charge in [0.1, 0.15) is 0 Å². The maximum atomic E-state index is 12.9. The van der Waals surface area contributed by atoms with E-state index < -0.39 is 0 Å². The number of carbonyl (C=O) groups excluding carboxylic acids is 1. The number of hydrogen-bond acceptors (Lipinski definition) is 2. The Morgan fingerprint density at radius 1 is 1.00 bits per heavy atom. The predicted octanol–water partition coefficient (Wildman–Crippen LogP) is 4.35. The summed E-state index contributed by atoms with van der Waals surface area (Å²) in [6.07, 6.45) is 3.77. The van der Waals surface area contributed by atoms with Gasteiger partial charge in [-0.15, -0.1) is 0 Å². The van der Waals surface area contributed by atoms with Gasteiger partial charge in [0.25, 0.3) is 5.91 Å². The zero-order chi connectivity index (χ0) is 17.3. The molecule has 0 saturated carbocycles. The van der Waals surface area contributed by atoms with Crippen molar-refractivity contribution in [3.63, 3.8) is 0 Å². The van der Waals surface area contributed by atoms with Crippen LogP contribution in [0.25, 0.3) is 0 Å². The first-order valence-corrected chi connectivity index (χ1v) is 9.59. The predicted molar refractivity (Wildman–Crippen MR) is 101 cm³/mol. The van der Waals surface area contributed by atoms with Crippen molar-refractivity contribution in [2.75, 3.05) is 31.1 Å². The molecule has 24 heavy (non-hydrogen) atoms. The van der Waals surface area contributed by atoms with Gasteiger partial charge in [-0.3, -0.25) is 4.79 Å². The molecule has 2 aliphatic rings. The molecule has 0 radical (unpaired) electrons. The van der Waals surface area contributed by atoms with E-state index in [1.165, 1.54) is 30.5 Å². The summed E-state index contributed by atoms with van der Waals surface area (Å²) >= 11 is 0. The molecule has 2 heterocycles. The maximum Gasteiger partial charge on any atom is 0.253 e. The molecule has 1 amide bonds. The molecule has 2 fully saturated rings. The molecule has 0 aliphatic carbocycles. The number of hydrogen-bond donors (Lipinski definition) is 0. The zero-order valence-electron chi connectivity index (χ0n) is 15.7. The van der Waals surface area contributed by atoms with E-state index in [9.17, 15) is 4.79 Å². The third kappa shape index (κ3) is 3.76. The summed E-state index contributed by atoms with van der Waals surface area (Å²) in [5, 5.41) is 0. The van der Waals surface area contributed by atoms with Crippen molar-refractivity contribution in [2.45, 2.75) is 47.0 Å². The van der Waals surface area contributed by atoms with Gasteiger partial charge in [0.05, 0.1) is 0 Å². The van der Waals surface area contributed by atoms with Crippen LogP contribution in [0.1, 0.15) is 56.0 Å². The van der Waals surface area contributed by atoms with E-state index in [-0.39, 0.29) is 5.91 Å². The summed E-state index contributed by atoms with van der Waals surface area (Å²) in [5.41, 5.74) is 3.38. The third-order valence-electron chi connectivity index (χ3n) is 5.72. The first-order valence-electron chi connectivity index (χ1n) is 9.59. The first-order chi connectivity index (χ1) is 11.4. The van der Waals surface area contributed by atoms with Crippen molar-refractivity contribution in [3.05, 3.63) is 29.3 Å². The minimum Gasteiger partial charge on any atom is -0.371 e. The van der Waals surface area contributed by atoms with E-state index in [0.717, 1.165) is 37.7 Å². The number of aryl methyl sites for hydroxylation is 1. The number of piperidine rings is 2. The monoisotopic (exact) mass is 328 g/mol. The van der Waals surface area contributed by atoms with Crippen LogP contribution >= 0.6 is 0 Å². The normalized spacial score (nSPS) is 25.8. The molecule has 3 heteroatoms. The summed E-state index contributed by atoms with van der Waals surface area (Å²) in [6.45, 7) is 13.1. The minimum absolute atomic E-state index is 0.204. The van der Waals surface area contributed by atoms with Crippen molar-refractivity contribution < 1.29 is 4.79 Å². The molecular formula is C21H32N2O. The van der Waals surface area contributed by atoms with Crippen molar-refractivity contribution in [1.29, 1.82) is 0 Å². The van der Waals surface area contributed by atoms with Crippen LogP contribution < -0.4 is 4.90 Å². The number of nitrogens with zero attached hydrogens (tertiary/aromatic N) is 2. The Hall–Kier alpha value is -1.51. The lowest BCUT2D eigenvalue weighted by Crippen LogP contribution is -2.42. The fraction of sp³-hybridized carbons (Fsp3) is 0.667. The van der Waals surface area contributed by atoms with Crippen molar-refractivity contribution >= 4 is 11.6 Å². The van der Waals surface area contributed by atoms with Crippen LogP contribution in [0.3, 0.4) is 0 Å². The number of benzene rings is 1. The Labute approximate surface area is 147 Å². The minimum atomic E-state index is 0.204.